The number of fused-ring (bicyclic) bond motifs is 2. The zero-order chi connectivity index (χ0) is 29.1. The lowest BCUT2D eigenvalue weighted by molar-refractivity contribution is -0.947. The van der Waals surface area contributed by atoms with Crippen LogP contribution in [0.3, 0.4) is 0 Å². The number of rotatable bonds is 8. The van der Waals surface area contributed by atoms with Gasteiger partial charge in [-0.05, 0) is 37.5 Å². The zero-order valence-electron chi connectivity index (χ0n) is 25.0. The fourth-order valence-electron chi connectivity index (χ4n) is 6.42. The first kappa shape index (κ1) is 30.4. The second kappa shape index (κ2) is 13.1. The number of likely N-dealkylation sites (tertiary alicyclic amines) is 1. The Kier molecular flexibility index (Phi) is 9.25. The predicted octanol–water partition coefficient (Wildman–Crippen LogP) is 5.44. The highest BCUT2D eigenvalue weighted by Gasteiger charge is 2.37. The molecule has 4 aromatic rings. The Bertz CT molecular complexity index is 1630. The van der Waals surface area contributed by atoms with Crippen molar-refractivity contribution in [1.29, 1.82) is 0 Å². The Morgan fingerprint density at radius 3 is 2.74 bits per heavy atom. The number of hydrogen-bond acceptors (Lipinski definition) is 6. The molecule has 228 valence electrons. The summed E-state index contributed by atoms with van der Waals surface area (Å²) >= 11 is 0. The molecule has 0 saturated carbocycles. The molecule has 1 N–H and O–H groups in total. The Labute approximate surface area is 251 Å². The van der Waals surface area contributed by atoms with Gasteiger partial charge in [-0.15, -0.1) is 0 Å². The van der Waals surface area contributed by atoms with E-state index < -0.39 is 6.09 Å². The van der Waals surface area contributed by atoms with Crippen LogP contribution in [0.25, 0.3) is 11.0 Å². The van der Waals surface area contributed by atoms with E-state index >= 15 is 0 Å². The van der Waals surface area contributed by atoms with Crippen LogP contribution in [-0.2, 0) is 30.7 Å². The molecule has 0 spiro atoms. The number of amides is 1. The van der Waals surface area contributed by atoms with E-state index in [-0.39, 0.29) is 31.5 Å². The van der Waals surface area contributed by atoms with Crippen molar-refractivity contribution in [1.82, 2.24) is 20.0 Å². The normalized spacial score (nSPS) is 19.8. The van der Waals surface area contributed by atoms with Crippen LogP contribution in [0, 0.1) is 20.2 Å². The number of aryl methyl sites for hydroxylation is 2. The molecule has 0 unspecified atom stereocenters. The number of carbonyl (C=O) groups excluding carboxylic acids is 1. The average Bonchev–Trinajstić information content (AvgIpc) is 3.43. The summed E-state index contributed by atoms with van der Waals surface area (Å²) in [6, 6.07) is 14.2. The quantitative estimate of drug-likeness (QED) is 0.217. The molecule has 6 rings (SSSR count). The third-order valence-corrected chi connectivity index (χ3v) is 8.92. The van der Waals surface area contributed by atoms with E-state index in [4.69, 9.17) is 14.2 Å². The first-order valence-corrected chi connectivity index (χ1v) is 14.8. The van der Waals surface area contributed by atoms with Gasteiger partial charge in [-0.1, -0.05) is 35.5 Å². The summed E-state index contributed by atoms with van der Waals surface area (Å²) in [7, 11) is 0. The molecule has 0 bridgehead atoms. The summed E-state index contributed by atoms with van der Waals surface area (Å²) in [6.07, 6.45) is 4.59. The molecule has 2 aliphatic rings. The number of carbonyl (C=O) groups is 1. The van der Waals surface area contributed by atoms with Crippen molar-refractivity contribution >= 4 is 17.1 Å². The molecule has 2 aromatic carbocycles. The first-order valence-electron chi connectivity index (χ1n) is 14.8. The molecule has 2 aliphatic heterocycles. The highest BCUT2D eigenvalue weighted by atomic mass is 19.1. The van der Waals surface area contributed by atoms with Gasteiger partial charge in [-0.3, -0.25) is 13.8 Å². The molecule has 43 heavy (non-hydrogen) atoms. The predicted molar refractivity (Wildman–Crippen MR) is 162 cm³/mol. The number of hydrogen-bond donors (Lipinski definition) is 1. The molecule has 2 aromatic heterocycles. The maximum atomic E-state index is 13.7. The minimum Gasteiger partial charge on any atom is -0.399 e. The SMILES string of the molecule is Cc1nc2n(c(=O)c1CC[N+]1(COC(=O)NCc3ccccc3)CCC(c3noc4cc(F)ccc34)CC1)CCCC2.[CH3-]. The number of benzene rings is 2. The molecular formula is C33H40FN5O4. The molecule has 4 heterocycles. The lowest BCUT2D eigenvalue weighted by Crippen LogP contribution is -2.56. The largest absolute Gasteiger partial charge is 0.411 e. The van der Waals surface area contributed by atoms with Crippen LogP contribution in [0.15, 0.2) is 57.8 Å². The Morgan fingerprint density at radius 1 is 1.16 bits per heavy atom. The van der Waals surface area contributed by atoms with Gasteiger partial charge in [0.1, 0.15) is 11.6 Å². The highest BCUT2D eigenvalue weighted by molar-refractivity contribution is 5.79. The Hall–Kier alpha value is -4.05. The van der Waals surface area contributed by atoms with E-state index in [1.165, 1.54) is 12.1 Å². The fraction of sp³-hybridized carbons (Fsp3) is 0.424. The van der Waals surface area contributed by atoms with Gasteiger partial charge < -0.3 is 22.0 Å². The van der Waals surface area contributed by atoms with Gasteiger partial charge in [0.25, 0.3) is 5.56 Å². The van der Waals surface area contributed by atoms with Crippen molar-refractivity contribution in [3.8, 4) is 0 Å². The van der Waals surface area contributed by atoms with E-state index in [2.05, 4.69) is 10.5 Å². The minimum absolute atomic E-state index is 0. The zero-order valence-corrected chi connectivity index (χ0v) is 25.0. The highest BCUT2D eigenvalue weighted by Crippen LogP contribution is 2.35. The summed E-state index contributed by atoms with van der Waals surface area (Å²) in [5.74, 6) is 0.679. The molecular weight excluding hydrogens is 549 g/mol. The lowest BCUT2D eigenvalue weighted by atomic mass is 9.90. The van der Waals surface area contributed by atoms with Crippen molar-refractivity contribution in [2.45, 2.75) is 64.5 Å². The van der Waals surface area contributed by atoms with Crippen molar-refractivity contribution in [2.24, 2.45) is 0 Å². The maximum absolute atomic E-state index is 13.7. The first-order chi connectivity index (χ1) is 20.4. The van der Waals surface area contributed by atoms with Crippen molar-refractivity contribution in [2.75, 3.05) is 26.4 Å². The molecule has 9 nitrogen and oxygen atoms in total. The second-order valence-electron chi connectivity index (χ2n) is 11.7. The Morgan fingerprint density at radius 2 is 1.95 bits per heavy atom. The van der Waals surface area contributed by atoms with Gasteiger partial charge in [0.2, 0.25) is 6.73 Å². The van der Waals surface area contributed by atoms with E-state index in [0.717, 1.165) is 85.5 Å². The molecule has 0 aliphatic carbocycles. The summed E-state index contributed by atoms with van der Waals surface area (Å²) in [5, 5.41) is 7.98. The van der Waals surface area contributed by atoms with Crippen molar-refractivity contribution in [3.63, 3.8) is 0 Å². The van der Waals surface area contributed by atoms with Crippen molar-refractivity contribution < 1.29 is 22.9 Å². The summed E-state index contributed by atoms with van der Waals surface area (Å²) in [4.78, 5) is 30.9. The lowest BCUT2D eigenvalue weighted by Gasteiger charge is -2.42. The van der Waals surface area contributed by atoms with Crippen LogP contribution in [0.4, 0.5) is 9.18 Å². The number of halogens is 1. The van der Waals surface area contributed by atoms with E-state index in [1.54, 1.807) is 6.07 Å². The Balaban J connectivity index is 0.00000368. The smallest absolute Gasteiger partial charge is 0.399 e. The van der Waals surface area contributed by atoms with Crippen LogP contribution in [0.1, 0.15) is 59.9 Å². The van der Waals surface area contributed by atoms with E-state index in [0.29, 0.717) is 29.6 Å². The van der Waals surface area contributed by atoms with Gasteiger partial charge in [0, 0.05) is 67.4 Å². The molecule has 10 heteroatoms. The summed E-state index contributed by atoms with van der Waals surface area (Å²) in [6.45, 7) is 5.37. The fourth-order valence-corrected chi connectivity index (χ4v) is 6.42. The second-order valence-corrected chi connectivity index (χ2v) is 11.7. The topological polar surface area (TPSA) is 99.2 Å². The number of quaternary nitrogens is 1. The third kappa shape index (κ3) is 6.64. The summed E-state index contributed by atoms with van der Waals surface area (Å²) < 4.78 is 27.3. The average molecular weight is 590 g/mol. The van der Waals surface area contributed by atoms with Gasteiger partial charge in [0.05, 0.1) is 25.3 Å². The van der Waals surface area contributed by atoms with E-state index in [1.807, 2.05) is 41.8 Å². The summed E-state index contributed by atoms with van der Waals surface area (Å²) in [5.41, 5.74) is 3.90. The standard InChI is InChI=1S/C32H36FN5O4.CH3/c1-22-26(31(39)37-15-6-5-9-29(37)35-22)14-18-38(21-41-32(40)34-20-23-7-3-2-4-8-23)16-12-24(13-17-38)30-27-11-10-25(33)19-28(27)42-36-30;/h2-4,7-8,10-11,19,24H,5-6,9,12-18,20-21H2,1H3;1H3/q;-1/p+1. The molecule has 1 fully saturated rings. The number of piperidine rings is 1. The van der Waals surface area contributed by atoms with Crippen LogP contribution in [0.5, 0.6) is 0 Å². The van der Waals surface area contributed by atoms with Gasteiger partial charge in [-0.25, -0.2) is 14.2 Å². The molecule has 1 amide bonds. The number of nitrogens with one attached hydrogen (secondary N) is 1. The van der Waals surface area contributed by atoms with Crippen LogP contribution < -0.4 is 10.9 Å². The number of alkyl carbamates (subject to hydrolysis) is 1. The van der Waals surface area contributed by atoms with Crippen LogP contribution >= 0.6 is 0 Å². The number of nitrogens with zero attached hydrogens (tertiary/aromatic N) is 4. The third-order valence-electron chi connectivity index (χ3n) is 8.92. The maximum Gasteiger partial charge on any atom is 0.411 e. The van der Waals surface area contributed by atoms with Crippen LogP contribution in [-0.4, -0.2) is 51.6 Å². The molecule has 0 atom stereocenters. The van der Waals surface area contributed by atoms with Crippen LogP contribution in [0.2, 0.25) is 0 Å². The van der Waals surface area contributed by atoms with Gasteiger partial charge in [-0.2, -0.15) is 0 Å². The number of ether oxygens (including phenoxy) is 1. The molecule has 0 radical (unpaired) electrons. The van der Waals surface area contributed by atoms with Gasteiger partial charge >= 0.3 is 6.09 Å². The van der Waals surface area contributed by atoms with Crippen molar-refractivity contribution in [3.05, 3.63) is 100 Å². The monoisotopic (exact) mass is 589 g/mol. The van der Waals surface area contributed by atoms with E-state index in [9.17, 15) is 14.0 Å². The molecule has 1 saturated heterocycles. The van der Waals surface area contributed by atoms with Gasteiger partial charge in [0.15, 0.2) is 5.58 Å². The number of aromatic nitrogens is 3. The minimum atomic E-state index is -0.463.